The standard InChI is InChI=1S/C17H25N3O/c1-4-16-15-10-18-9-13(15)11-20(16)17(21)12-6-5-7-14(8-12)19(2)3/h5-8,13,15-16,18H,4,9-11H2,1-3H3. The highest BCUT2D eigenvalue weighted by atomic mass is 16.2. The van der Waals surface area contributed by atoms with Crippen molar-refractivity contribution in [3.63, 3.8) is 0 Å². The number of benzene rings is 1. The van der Waals surface area contributed by atoms with E-state index in [0.29, 0.717) is 17.9 Å². The van der Waals surface area contributed by atoms with Crippen molar-refractivity contribution in [3.05, 3.63) is 29.8 Å². The van der Waals surface area contributed by atoms with Crippen LogP contribution in [0.15, 0.2) is 24.3 Å². The van der Waals surface area contributed by atoms with E-state index in [1.165, 1.54) is 0 Å². The Morgan fingerprint density at radius 3 is 2.90 bits per heavy atom. The van der Waals surface area contributed by atoms with Crippen LogP contribution in [0.2, 0.25) is 0 Å². The summed E-state index contributed by atoms with van der Waals surface area (Å²) in [5, 5.41) is 3.47. The van der Waals surface area contributed by atoms with E-state index in [0.717, 1.165) is 37.3 Å². The van der Waals surface area contributed by atoms with E-state index in [1.54, 1.807) is 0 Å². The third-order valence-electron chi connectivity index (χ3n) is 5.01. The summed E-state index contributed by atoms with van der Waals surface area (Å²) in [5.41, 5.74) is 1.89. The zero-order valence-corrected chi connectivity index (χ0v) is 13.2. The Hall–Kier alpha value is -1.55. The highest BCUT2D eigenvalue weighted by Crippen LogP contribution is 2.35. The zero-order valence-electron chi connectivity index (χ0n) is 13.2. The minimum absolute atomic E-state index is 0.194. The topological polar surface area (TPSA) is 35.6 Å². The predicted molar refractivity (Wildman–Crippen MR) is 85.7 cm³/mol. The normalized spacial score (nSPS) is 27.8. The molecule has 1 N–H and O–H groups in total. The van der Waals surface area contributed by atoms with Gasteiger partial charge in [0.15, 0.2) is 0 Å². The first-order valence-corrected chi connectivity index (χ1v) is 7.91. The van der Waals surface area contributed by atoms with Gasteiger partial charge in [0.2, 0.25) is 0 Å². The second-order valence-electron chi connectivity index (χ2n) is 6.46. The van der Waals surface area contributed by atoms with Gasteiger partial charge in [-0.2, -0.15) is 0 Å². The number of hydrogen-bond acceptors (Lipinski definition) is 3. The molecule has 0 aliphatic carbocycles. The SMILES string of the molecule is CCC1C2CNCC2CN1C(=O)c1cccc(N(C)C)c1. The molecular formula is C17H25N3O. The quantitative estimate of drug-likeness (QED) is 0.921. The Kier molecular flexibility index (Phi) is 3.89. The van der Waals surface area contributed by atoms with Gasteiger partial charge in [0, 0.05) is 51.0 Å². The molecule has 2 fully saturated rings. The molecule has 1 aromatic carbocycles. The van der Waals surface area contributed by atoms with E-state index < -0.39 is 0 Å². The van der Waals surface area contributed by atoms with Gasteiger partial charge in [0.1, 0.15) is 0 Å². The van der Waals surface area contributed by atoms with Crippen molar-refractivity contribution in [2.45, 2.75) is 19.4 Å². The maximum atomic E-state index is 12.9. The number of amides is 1. The number of rotatable bonds is 3. The fourth-order valence-corrected chi connectivity index (χ4v) is 3.86. The Labute approximate surface area is 127 Å². The molecule has 3 unspecified atom stereocenters. The molecule has 3 atom stereocenters. The lowest BCUT2D eigenvalue weighted by Crippen LogP contribution is -2.39. The summed E-state index contributed by atoms with van der Waals surface area (Å²) in [6.07, 6.45) is 1.04. The number of carbonyl (C=O) groups is 1. The predicted octanol–water partition coefficient (Wildman–Crippen LogP) is 1.82. The third-order valence-corrected chi connectivity index (χ3v) is 5.01. The first-order valence-electron chi connectivity index (χ1n) is 7.91. The van der Waals surface area contributed by atoms with E-state index in [9.17, 15) is 4.79 Å². The molecule has 4 nitrogen and oxygen atoms in total. The van der Waals surface area contributed by atoms with Crippen molar-refractivity contribution >= 4 is 11.6 Å². The summed E-state index contributed by atoms with van der Waals surface area (Å²) in [6, 6.07) is 8.34. The summed E-state index contributed by atoms with van der Waals surface area (Å²) in [4.78, 5) is 17.1. The number of anilines is 1. The number of hydrogen-bond donors (Lipinski definition) is 1. The van der Waals surface area contributed by atoms with Crippen LogP contribution in [0.4, 0.5) is 5.69 Å². The lowest BCUT2D eigenvalue weighted by atomic mass is 9.93. The Bertz CT molecular complexity index is 529. The first kappa shape index (κ1) is 14.4. The lowest BCUT2D eigenvalue weighted by molar-refractivity contribution is 0.0711. The van der Waals surface area contributed by atoms with Gasteiger partial charge in [-0.1, -0.05) is 13.0 Å². The molecule has 114 valence electrons. The minimum Gasteiger partial charge on any atom is -0.378 e. The number of carbonyl (C=O) groups excluding carboxylic acids is 1. The van der Waals surface area contributed by atoms with Crippen LogP contribution >= 0.6 is 0 Å². The summed E-state index contributed by atoms with van der Waals surface area (Å²) >= 11 is 0. The van der Waals surface area contributed by atoms with E-state index in [-0.39, 0.29) is 5.91 Å². The maximum Gasteiger partial charge on any atom is 0.254 e. The van der Waals surface area contributed by atoms with Crippen LogP contribution < -0.4 is 10.2 Å². The summed E-state index contributed by atoms with van der Waals surface area (Å²) in [5.74, 6) is 1.46. The average molecular weight is 287 g/mol. The molecule has 0 radical (unpaired) electrons. The number of nitrogens with one attached hydrogen (secondary N) is 1. The van der Waals surface area contributed by atoms with Gasteiger partial charge >= 0.3 is 0 Å². The Morgan fingerprint density at radius 2 is 2.19 bits per heavy atom. The van der Waals surface area contributed by atoms with Gasteiger partial charge < -0.3 is 15.1 Å². The summed E-state index contributed by atoms with van der Waals surface area (Å²) in [6.45, 7) is 5.22. The number of nitrogens with zero attached hydrogens (tertiary/aromatic N) is 2. The monoisotopic (exact) mass is 287 g/mol. The minimum atomic E-state index is 0.194. The van der Waals surface area contributed by atoms with Gasteiger partial charge in [-0.05, 0) is 36.5 Å². The molecule has 4 heteroatoms. The molecule has 0 aromatic heterocycles. The van der Waals surface area contributed by atoms with Gasteiger partial charge in [-0.15, -0.1) is 0 Å². The van der Waals surface area contributed by atoms with Crippen LogP contribution in [0.3, 0.4) is 0 Å². The fraction of sp³-hybridized carbons (Fsp3) is 0.588. The van der Waals surface area contributed by atoms with E-state index in [1.807, 2.05) is 43.3 Å². The maximum absolute atomic E-state index is 12.9. The zero-order chi connectivity index (χ0) is 15.0. The van der Waals surface area contributed by atoms with Crippen molar-refractivity contribution < 1.29 is 4.79 Å². The molecule has 3 rings (SSSR count). The Morgan fingerprint density at radius 1 is 1.38 bits per heavy atom. The average Bonchev–Trinajstić information content (AvgIpc) is 3.06. The molecule has 0 bridgehead atoms. The highest BCUT2D eigenvalue weighted by Gasteiger charge is 2.45. The van der Waals surface area contributed by atoms with Crippen molar-refractivity contribution in [1.29, 1.82) is 0 Å². The molecule has 21 heavy (non-hydrogen) atoms. The summed E-state index contributed by atoms with van der Waals surface area (Å²) in [7, 11) is 4.01. The van der Waals surface area contributed by atoms with Crippen LogP contribution in [-0.2, 0) is 0 Å². The third kappa shape index (κ3) is 2.53. The van der Waals surface area contributed by atoms with Gasteiger partial charge in [-0.3, -0.25) is 4.79 Å². The van der Waals surface area contributed by atoms with Crippen molar-refractivity contribution in [3.8, 4) is 0 Å². The van der Waals surface area contributed by atoms with Crippen LogP contribution in [0.25, 0.3) is 0 Å². The molecule has 0 spiro atoms. The summed E-state index contributed by atoms with van der Waals surface area (Å²) < 4.78 is 0. The molecule has 1 aromatic rings. The molecule has 2 saturated heterocycles. The lowest BCUT2D eigenvalue weighted by Gasteiger charge is -2.27. The molecule has 2 heterocycles. The van der Waals surface area contributed by atoms with E-state index in [2.05, 4.69) is 17.1 Å². The number of fused-ring (bicyclic) bond motifs is 1. The van der Waals surface area contributed by atoms with Crippen LogP contribution in [0.5, 0.6) is 0 Å². The Balaban J connectivity index is 1.83. The molecule has 1 amide bonds. The van der Waals surface area contributed by atoms with Gasteiger partial charge in [0.05, 0.1) is 0 Å². The van der Waals surface area contributed by atoms with Crippen LogP contribution in [0, 0.1) is 11.8 Å². The van der Waals surface area contributed by atoms with Gasteiger partial charge in [0.25, 0.3) is 5.91 Å². The number of likely N-dealkylation sites (tertiary alicyclic amines) is 1. The van der Waals surface area contributed by atoms with Crippen molar-refractivity contribution in [2.24, 2.45) is 11.8 Å². The van der Waals surface area contributed by atoms with Gasteiger partial charge in [-0.25, -0.2) is 0 Å². The van der Waals surface area contributed by atoms with Crippen LogP contribution in [0.1, 0.15) is 23.7 Å². The smallest absolute Gasteiger partial charge is 0.254 e. The largest absolute Gasteiger partial charge is 0.378 e. The molecule has 2 aliphatic heterocycles. The van der Waals surface area contributed by atoms with E-state index in [4.69, 9.17) is 0 Å². The fourth-order valence-electron chi connectivity index (χ4n) is 3.86. The second kappa shape index (κ2) is 5.68. The molecule has 2 aliphatic rings. The van der Waals surface area contributed by atoms with Crippen LogP contribution in [-0.4, -0.2) is 50.6 Å². The second-order valence-corrected chi connectivity index (χ2v) is 6.46. The molecule has 0 saturated carbocycles. The van der Waals surface area contributed by atoms with E-state index >= 15 is 0 Å². The van der Waals surface area contributed by atoms with Crippen molar-refractivity contribution in [1.82, 2.24) is 10.2 Å². The highest BCUT2D eigenvalue weighted by molar-refractivity contribution is 5.95. The van der Waals surface area contributed by atoms with Crippen molar-refractivity contribution in [2.75, 3.05) is 38.6 Å². The molecular weight excluding hydrogens is 262 g/mol. The first-order chi connectivity index (χ1) is 10.1.